The van der Waals surface area contributed by atoms with Gasteiger partial charge in [0.15, 0.2) is 0 Å². The van der Waals surface area contributed by atoms with Crippen LogP contribution in [-0.4, -0.2) is 24.5 Å². The van der Waals surface area contributed by atoms with Crippen molar-refractivity contribution in [1.29, 1.82) is 0 Å². The summed E-state index contributed by atoms with van der Waals surface area (Å²) in [4.78, 5) is 13.9. The van der Waals surface area contributed by atoms with Gasteiger partial charge < -0.3 is 9.64 Å². The quantitative estimate of drug-likeness (QED) is 0.776. The number of carbonyl (C=O) groups is 1. The Morgan fingerprint density at radius 3 is 2.83 bits per heavy atom. The minimum atomic E-state index is -0.0448. The summed E-state index contributed by atoms with van der Waals surface area (Å²) in [5.41, 5.74) is 2.97. The molecule has 3 nitrogen and oxygen atoms in total. The first-order valence-corrected chi connectivity index (χ1v) is 8.09. The van der Waals surface area contributed by atoms with E-state index in [0.29, 0.717) is 18.2 Å². The summed E-state index contributed by atoms with van der Waals surface area (Å²) in [6.07, 6.45) is 5.37. The standard InChI is InChI=1S/C20H18ClNO2/c1-22(13-15-5-3-2-4-6-15)20(23)10-7-16-11-17-12-18(21)8-9-19(17)24-14-16/h2-12H,13-14H2,1H3/b10-7+. The molecule has 1 heterocycles. The molecule has 0 fully saturated rings. The van der Waals surface area contributed by atoms with Gasteiger partial charge in [0.25, 0.3) is 0 Å². The molecule has 0 saturated heterocycles. The maximum atomic E-state index is 12.2. The Bertz CT molecular complexity index is 797. The molecule has 4 heteroatoms. The average Bonchev–Trinajstić information content (AvgIpc) is 2.60. The lowest BCUT2D eigenvalue weighted by Crippen LogP contribution is -2.24. The third-order valence-electron chi connectivity index (χ3n) is 3.79. The molecule has 0 bridgehead atoms. The van der Waals surface area contributed by atoms with Crippen LogP contribution in [0.25, 0.3) is 6.08 Å². The first-order chi connectivity index (χ1) is 11.6. The Morgan fingerprint density at radius 1 is 1.25 bits per heavy atom. The molecule has 0 aromatic heterocycles. The second-order valence-corrected chi connectivity index (χ2v) is 6.14. The van der Waals surface area contributed by atoms with Crippen LogP contribution in [0.15, 0.2) is 66.3 Å². The number of fused-ring (bicyclic) bond motifs is 1. The van der Waals surface area contributed by atoms with Crippen LogP contribution in [0.1, 0.15) is 11.1 Å². The lowest BCUT2D eigenvalue weighted by Gasteiger charge is -2.17. The van der Waals surface area contributed by atoms with Gasteiger partial charge >= 0.3 is 0 Å². The summed E-state index contributed by atoms with van der Waals surface area (Å²) in [5.74, 6) is 0.765. The topological polar surface area (TPSA) is 29.5 Å². The Balaban J connectivity index is 1.66. The molecule has 0 aliphatic carbocycles. The number of amides is 1. The summed E-state index contributed by atoms with van der Waals surface area (Å²) in [6, 6.07) is 15.4. The largest absolute Gasteiger partial charge is 0.488 e. The minimum absolute atomic E-state index is 0.0448. The third-order valence-corrected chi connectivity index (χ3v) is 4.02. The number of benzene rings is 2. The maximum Gasteiger partial charge on any atom is 0.246 e. The molecule has 1 aliphatic rings. The Kier molecular flexibility index (Phi) is 5.02. The molecule has 1 aliphatic heterocycles. The molecule has 0 unspecified atom stereocenters. The van der Waals surface area contributed by atoms with E-state index in [-0.39, 0.29) is 5.91 Å². The van der Waals surface area contributed by atoms with Gasteiger partial charge in [-0.1, -0.05) is 48.0 Å². The van der Waals surface area contributed by atoms with E-state index >= 15 is 0 Å². The van der Waals surface area contributed by atoms with Gasteiger partial charge in [0, 0.05) is 30.3 Å². The van der Waals surface area contributed by atoms with Crippen LogP contribution in [0, 0.1) is 0 Å². The Labute approximate surface area is 146 Å². The van der Waals surface area contributed by atoms with Crippen molar-refractivity contribution in [2.24, 2.45) is 0 Å². The van der Waals surface area contributed by atoms with Gasteiger partial charge in [0.1, 0.15) is 12.4 Å². The Hall–Kier alpha value is -2.52. The van der Waals surface area contributed by atoms with Crippen LogP contribution >= 0.6 is 11.6 Å². The summed E-state index contributed by atoms with van der Waals surface area (Å²) in [5, 5.41) is 0.664. The normalized spacial score (nSPS) is 13.2. The van der Waals surface area contributed by atoms with Gasteiger partial charge in [-0.05, 0) is 35.4 Å². The molecule has 1 amide bonds. The molecule has 0 atom stereocenters. The predicted molar refractivity (Wildman–Crippen MR) is 97.0 cm³/mol. The fourth-order valence-electron chi connectivity index (χ4n) is 2.50. The molecule has 24 heavy (non-hydrogen) atoms. The number of nitrogens with zero attached hydrogens (tertiary/aromatic N) is 1. The smallest absolute Gasteiger partial charge is 0.246 e. The predicted octanol–water partition coefficient (Wildman–Crippen LogP) is 4.33. The second-order valence-electron chi connectivity index (χ2n) is 5.70. The summed E-state index contributed by atoms with van der Waals surface area (Å²) < 4.78 is 5.68. The highest BCUT2D eigenvalue weighted by atomic mass is 35.5. The molecule has 0 radical (unpaired) electrons. The zero-order chi connectivity index (χ0) is 16.9. The highest BCUT2D eigenvalue weighted by Crippen LogP contribution is 2.29. The van der Waals surface area contributed by atoms with Gasteiger partial charge in [-0.25, -0.2) is 0 Å². The average molecular weight is 340 g/mol. The van der Waals surface area contributed by atoms with Crippen molar-refractivity contribution in [3.8, 4) is 5.75 Å². The molecule has 2 aromatic rings. The van der Waals surface area contributed by atoms with Crippen molar-refractivity contribution in [3.63, 3.8) is 0 Å². The molecule has 0 saturated carbocycles. The fourth-order valence-corrected chi connectivity index (χ4v) is 2.68. The van der Waals surface area contributed by atoms with Crippen molar-refractivity contribution in [2.45, 2.75) is 6.54 Å². The van der Waals surface area contributed by atoms with Crippen molar-refractivity contribution in [2.75, 3.05) is 13.7 Å². The van der Waals surface area contributed by atoms with E-state index in [2.05, 4.69) is 0 Å². The SMILES string of the molecule is CN(Cc1ccccc1)C(=O)/C=C/C1=Cc2cc(Cl)ccc2OC1. The van der Waals surface area contributed by atoms with Crippen LogP contribution in [0.3, 0.4) is 0 Å². The van der Waals surface area contributed by atoms with Gasteiger partial charge in [-0.15, -0.1) is 0 Å². The monoisotopic (exact) mass is 339 g/mol. The van der Waals surface area contributed by atoms with Crippen molar-refractivity contribution >= 4 is 23.6 Å². The molecule has 122 valence electrons. The zero-order valence-electron chi connectivity index (χ0n) is 13.4. The van der Waals surface area contributed by atoms with E-state index in [1.807, 2.05) is 48.5 Å². The number of rotatable bonds is 4. The summed E-state index contributed by atoms with van der Waals surface area (Å²) >= 11 is 6.01. The van der Waals surface area contributed by atoms with E-state index < -0.39 is 0 Å². The second kappa shape index (κ2) is 7.37. The number of carbonyl (C=O) groups excluding carboxylic acids is 1. The number of hydrogen-bond donors (Lipinski definition) is 0. The highest BCUT2D eigenvalue weighted by molar-refractivity contribution is 6.30. The maximum absolute atomic E-state index is 12.2. The van der Waals surface area contributed by atoms with Gasteiger partial charge in [-0.2, -0.15) is 0 Å². The third kappa shape index (κ3) is 4.06. The Morgan fingerprint density at radius 2 is 2.04 bits per heavy atom. The van der Waals surface area contributed by atoms with E-state index in [1.54, 1.807) is 30.2 Å². The first kappa shape index (κ1) is 16.3. The van der Waals surface area contributed by atoms with Crippen molar-refractivity contribution in [1.82, 2.24) is 4.90 Å². The first-order valence-electron chi connectivity index (χ1n) is 7.72. The van der Waals surface area contributed by atoms with Crippen LogP contribution in [-0.2, 0) is 11.3 Å². The summed E-state index contributed by atoms with van der Waals surface area (Å²) in [6.45, 7) is 1.03. The zero-order valence-corrected chi connectivity index (χ0v) is 14.2. The van der Waals surface area contributed by atoms with Gasteiger partial charge in [0.2, 0.25) is 5.91 Å². The lowest BCUT2D eigenvalue weighted by molar-refractivity contribution is -0.125. The van der Waals surface area contributed by atoms with Gasteiger partial charge in [0.05, 0.1) is 0 Å². The van der Waals surface area contributed by atoms with E-state index in [9.17, 15) is 4.79 Å². The number of hydrogen-bond acceptors (Lipinski definition) is 2. The van der Waals surface area contributed by atoms with Crippen LogP contribution in [0.2, 0.25) is 5.02 Å². The van der Waals surface area contributed by atoms with E-state index in [0.717, 1.165) is 22.4 Å². The summed E-state index contributed by atoms with van der Waals surface area (Å²) in [7, 11) is 1.79. The lowest BCUT2D eigenvalue weighted by atomic mass is 10.1. The fraction of sp³-hybridized carbons (Fsp3) is 0.150. The molecule has 0 N–H and O–H groups in total. The number of likely N-dealkylation sites (N-methyl/N-ethyl adjacent to an activating group) is 1. The minimum Gasteiger partial charge on any atom is -0.488 e. The number of halogens is 1. The number of ether oxygens (including phenoxy) is 1. The van der Waals surface area contributed by atoms with E-state index in [4.69, 9.17) is 16.3 Å². The van der Waals surface area contributed by atoms with E-state index in [1.165, 1.54) is 0 Å². The molecule has 2 aromatic carbocycles. The van der Waals surface area contributed by atoms with Crippen molar-refractivity contribution in [3.05, 3.63) is 82.4 Å². The molecule has 0 spiro atoms. The van der Waals surface area contributed by atoms with Crippen molar-refractivity contribution < 1.29 is 9.53 Å². The molecular formula is C20H18ClNO2. The van der Waals surface area contributed by atoms with Gasteiger partial charge in [-0.3, -0.25) is 4.79 Å². The molecular weight excluding hydrogens is 322 g/mol. The van der Waals surface area contributed by atoms with Crippen LogP contribution < -0.4 is 4.74 Å². The van der Waals surface area contributed by atoms with Crippen LogP contribution in [0.5, 0.6) is 5.75 Å². The highest BCUT2D eigenvalue weighted by Gasteiger charge is 2.11. The molecule has 3 rings (SSSR count). The van der Waals surface area contributed by atoms with Crippen LogP contribution in [0.4, 0.5) is 0 Å².